The van der Waals surface area contributed by atoms with Gasteiger partial charge in [-0.2, -0.15) is 0 Å². The summed E-state index contributed by atoms with van der Waals surface area (Å²) in [5, 5.41) is 24.2. The van der Waals surface area contributed by atoms with E-state index in [1.54, 1.807) is 44.3 Å². The number of pyridine rings is 2. The van der Waals surface area contributed by atoms with Crippen molar-refractivity contribution in [1.29, 1.82) is 0 Å². The van der Waals surface area contributed by atoms with E-state index in [4.69, 9.17) is 14.5 Å². The summed E-state index contributed by atoms with van der Waals surface area (Å²) < 4.78 is 27.9. The minimum Gasteiger partial charge on any atom is -0.507 e. The number of hydrogen-bond donors (Lipinski definition) is 6. The van der Waals surface area contributed by atoms with Crippen LogP contribution < -0.4 is 32.1 Å². The summed E-state index contributed by atoms with van der Waals surface area (Å²) in [4.78, 5) is 135. The van der Waals surface area contributed by atoms with Crippen LogP contribution in [0.5, 0.6) is 5.75 Å². The number of nitrogens with one attached hydrogen (secondary N) is 5. The van der Waals surface area contributed by atoms with E-state index in [9.17, 15) is 53.1 Å². The zero-order valence-corrected chi connectivity index (χ0v) is 44.0. The Morgan fingerprint density at radius 3 is 2.28 bits per heavy atom. The van der Waals surface area contributed by atoms with E-state index in [-0.39, 0.29) is 61.2 Å². The third-order valence-electron chi connectivity index (χ3n) is 14.0. The average Bonchev–Trinajstić information content (AvgIpc) is 4.17. The molecule has 6 N–H and O–H groups in total. The fourth-order valence-electron chi connectivity index (χ4n) is 9.68. The molecule has 22 nitrogen and oxygen atoms in total. The number of benzene rings is 2. The van der Waals surface area contributed by atoms with Crippen molar-refractivity contribution >= 4 is 64.1 Å². The number of imide groups is 1. The predicted molar refractivity (Wildman–Crippen MR) is 279 cm³/mol. The third kappa shape index (κ3) is 13.8. The van der Waals surface area contributed by atoms with Crippen molar-refractivity contribution in [2.45, 2.75) is 116 Å². The topological polar surface area (TPSA) is 294 Å². The SMILES string of the molecule is CCCCC(=O)OCc1c(O)cc2n(c1=O)Cc1c-2nc2cc(F)c(C)c3c2c1[C@@H](N(C)C(=O)[C@@H](C)OCNC(=O)CNC(=O)[C@H](Cc1ccccc1)NC(=O)CNC(=O)CNC(=O)CCCCCN1C(=O)C=CC1=O)CC3. The average molecular weight is 1080 g/mol. The highest BCUT2D eigenvalue weighted by atomic mass is 19.1. The van der Waals surface area contributed by atoms with Gasteiger partial charge in [-0.05, 0) is 68.2 Å². The Morgan fingerprint density at radius 1 is 0.859 bits per heavy atom. The van der Waals surface area contributed by atoms with Gasteiger partial charge in [0.2, 0.25) is 29.5 Å². The number of amides is 8. The maximum atomic E-state index is 15.4. The number of likely N-dealkylation sites (N-methyl/N-ethyl adjacent to an activating group) is 1. The number of halogens is 1. The monoisotopic (exact) mass is 1080 g/mol. The van der Waals surface area contributed by atoms with Crippen LogP contribution >= 0.6 is 0 Å². The molecule has 2 aromatic heterocycles. The molecule has 0 fully saturated rings. The normalized spacial score (nSPS) is 14.8. The van der Waals surface area contributed by atoms with Gasteiger partial charge >= 0.3 is 5.97 Å². The van der Waals surface area contributed by atoms with Crippen molar-refractivity contribution < 1.29 is 62.1 Å². The first kappa shape index (κ1) is 57.4. The molecular formula is C55H64FN9O13. The third-order valence-corrected chi connectivity index (χ3v) is 14.0. The van der Waals surface area contributed by atoms with Crippen LogP contribution in [0.1, 0.15) is 105 Å². The summed E-state index contributed by atoms with van der Waals surface area (Å²) in [6.45, 7) is 3.06. The fourth-order valence-corrected chi connectivity index (χ4v) is 9.68. The zero-order valence-electron chi connectivity index (χ0n) is 44.0. The molecular weight excluding hydrogens is 1010 g/mol. The lowest BCUT2D eigenvalue weighted by Gasteiger charge is -2.36. The fraction of sp³-hybridized carbons (Fsp3) is 0.436. The standard InChI is InChI=1S/C55H64FN9O13/c1-5-6-16-49(73)77-29-36-42(66)24-41-52-35(28-65(41)55(36)76)51-40(18-17-34-31(2)37(56)23-38(62-52)50(34)51)63(4)54(75)32(3)78-30-60-45(69)26-59-53(74)39(22-33-13-9-7-10-14-33)61-46(70)27-58-44(68)25-57-43(67)15-11-8-12-21-64-47(71)19-20-48(64)72/h7,9-10,13-14,19-20,23-24,32,39-40,66H,5-6,8,11-12,15-18,21-22,25-30H2,1-4H3,(H,57,67)(H,58,68)(H,59,74)(H,60,69)(H,61,70)/t32-,39+,40+/m1/s1. The number of carbonyl (C=O) groups is 9. The molecule has 0 saturated carbocycles. The number of esters is 1. The molecule has 3 aliphatic rings. The van der Waals surface area contributed by atoms with Gasteiger partial charge in [-0.1, -0.05) is 50.1 Å². The molecule has 2 aromatic carbocycles. The van der Waals surface area contributed by atoms with Gasteiger partial charge < -0.3 is 50.6 Å². The molecule has 23 heteroatoms. The molecule has 0 radical (unpaired) electrons. The van der Waals surface area contributed by atoms with Gasteiger partial charge in [0.1, 0.15) is 37.1 Å². The molecule has 0 unspecified atom stereocenters. The zero-order chi connectivity index (χ0) is 56.2. The summed E-state index contributed by atoms with van der Waals surface area (Å²) in [7, 11) is 1.60. The number of aryl methyl sites for hydroxylation is 1. The number of hydrogen-bond acceptors (Lipinski definition) is 14. The van der Waals surface area contributed by atoms with Gasteiger partial charge in [0.25, 0.3) is 23.3 Å². The van der Waals surface area contributed by atoms with Crippen molar-refractivity contribution in [3.8, 4) is 17.1 Å². The maximum Gasteiger partial charge on any atom is 0.306 e. The summed E-state index contributed by atoms with van der Waals surface area (Å²) >= 11 is 0. The van der Waals surface area contributed by atoms with Gasteiger partial charge in [0.05, 0.1) is 54.7 Å². The molecule has 0 saturated heterocycles. The van der Waals surface area contributed by atoms with Crippen molar-refractivity contribution in [2.75, 3.05) is 40.0 Å². The van der Waals surface area contributed by atoms with Crippen LogP contribution in [0, 0.1) is 12.7 Å². The number of aromatic nitrogens is 2. The highest BCUT2D eigenvalue weighted by molar-refractivity contribution is 6.12. The molecule has 414 valence electrons. The Hall–Kier alpha value is -8.34. The number of fused-ring (bicyclic) bond motifs is 4. The number of aromatic hydroxyl groups is 1. The van der Waals surface area contributed by atoms with Gasteiger partial charge in [0.15, 0.2) is 0 Å². The second kappa shape index (κ2) is 26.1. The largest absolute Gasteiger partial charge is 0.507 e. The van der Waals surface area contributed by atoms with E-state index in [0.29, 0.717) is 77.4 Å². The Bertz CT molecular complexity index is 3090. The Kier molecular flexibility index (Phi) is 19.2. The van der Waals surface area contributed by atoms with E-state index in [1.807, 2.05) is 6.92 Å². The second-order valence-corrected chi connectivity index (χ2v) is 19.4. The van der Waals surface area contributed by atoms with Crippen molar-refractivity contribution in [3.05, 3.63) is 104 Å². The second-order valence-electron chi connectivity index (χ2n) is 19.4. The van der Waals surface area contributed by atoms with Crippen molar-refractivity contribution in [2.24, 2.45) is 0 Å². The lowest BCUT2D eigenvalue weighted by molar-refractivity contribution is -0.145. The van der Waals surface area contributed by atoms with Gasteiger partial charge in [-0.15, -0.1) is 0 Å². The van der Waals surface area contributed by atoms with Crippen LogP contribution in [-0.4, -0.2) is 130 Å². The number of carbonyl (C=O) groups excluding carboxylic acids is 9. The van der Waals surface area contributed by atoms with E-state index in [1.165, 1.54) is 40.7 Å². The van der Waals surface area contributed by atoms with Crippen LogP contribution in [0.3, 0.4) is 0 Å². The number of rotatable bonds is 26. The molecule has 3 atom stereocenters. The lowest BCUT2D eigenvalue weighted by atomic mass is 9.81. The van der Waals surface area contributed by atoms with Crippen LogP contribution in [0.2, 0.25) is 0 Å². The van der Waals surface area contributed by atoms with Crippen LogP contribution in [0.4, 0.5) is 4.39 Å². The molecule has 7 rings (SSSR count). The van der Waals surface area contributed by atoms with Gasteiger partial charge in [-0.3, -0.25) is 52.8 Å². The van der Waals surface area contributed by atoms with Crippen LogP contribution in [0.15, 0.2) is 59.4 Å². The molecule has 8 amide bonds. The molecule has 4 aromatic rings. The molecule has 0 spiro atoms. The lowest BCUT2D eigenvalue weighted by Crippen LogP contribution is -2.52. The Labute approximate surface area is 448 Å². The molecule has 2 aliphatic heterocycles. The summed E-state index contributed by atoms with van der Waals surface area (Å²) in [5.74, 6) is -5.71. The maximum absolute atomic E-state index is 15.4. The molecule has 4 heterocycles. The first-order chi connectivity index (χ1) is 37.4. The molecule has 0 bridgehead atoms. The Balaban J connectivity index is 0.900. The van der Waals surface area contributed by atoms with Gasteiger partial charge in [-0.25, -0.2) is 9.37 Å². The van der Waals surface area contributed by atoms with Gasteiger partial charge in [0, 0.05) is 68.1 Å². The Morgan fingerprint density at radius 2 is 1.55 bits per heavy atom. The highest BCUT2D eigenvalue weighted by Crippen LogP contribution is 2.47. The molecule has 1 aliphatic carbocycles. The number of nitrogens with zero attached hydrogens (tertiary/aromatic N) is 4. The first-order valence-corrected chi connectivity index (χ1v) is 26.0. The number of ether oxygens (including phenoxy) is 2. The van der Waals surface area contributed by atoms with Crippen LogP contribution in [0.25, 0.3) is 22.3 Å². The van der Waals surface area contributed by atoms with Crippen molar-refractivity contribution in [1.82, 2.24) is 45.9 Å². The summed E-state index contributed by atoms with van der Waals surface area (Å²) in [6.07, 6.45) is 5.33. The van der Waals surface area contributed by atoms with E-state index in [2.05, 4.69) is 26.6 Å². The first-order valence-electron chi connectivity index (χ1n) is 26.0. The quantitative estimate of drug-likeness (QED) is 0.0201. The van der Waals surface area contributed by atoms with E-state index >= 15 is 4.39 Å². The minimum atomic E-state index is -1.17. The van der Waals surface area contributed by atoms with Crippen LogP contribution in [-0.2, 0) is 78.6 Å². The highest BCUT2D eigenvalue weighted by Gasteiger charge is 2.38. The smallest absolute Gasteiger partial charge is 0.306 e. The van der Waals surface area contributed by atoms with Crippen molar-refractivity contribution in [3.63, 3.8) is 0 Å². The minimum absolute atomic E-state index is 0.0157. The summed E-state index contributed by atoms with van der Waals surface area (Å²) in [5.41, 5.74) is 3.37. The molecule has 78 heavy (non-hydrogen) atoms. The summed E-state index contributed by atoms with van der Waals surface area (Å²) in [6, 6.07) is 9.69. The predicted octanol–water partition coefficient (Wildman–Crippen LogP) is 2.30. The van der Waals surface area contributed by atoms with E-state index < -0.39 is 104 Å². The number of unbranched alkanes of at least 4 members (excludes halogenated alkanes) is 3. The van der Waals surface area contributed by atoms with E-state index in [0.717, 1.165) is 16.9 Å².